The summed E-state index contributed by atoms with van der Waals surface area (Å²) in [6, 6.07) is 5.72. The van der Waals surface area contributed by atoms with Crippen LogP contribution in [0.25, 0.3) is 0 Å². The molecule has 0 bridgehead atoms. The molecule has 2 heterocycles. The summed E-state index contributed by atoms with van der Waals surface area (Å²) in [4.78, 5) is 11.1. The SMILES string of the molecule is CC(=O)NC1CC(c2nnc(COc3ccc4c(c3)OCO4)n2C)C1. The Hall–Kier alpha value is -2.77. The molecular formula is C17H20N4O4. The first-order valence-corrected chi connectivity index (χ1v) is 8.28. The highest BCUT2D eigenvalue weighted by atomic mass is 16.7. The lowest BCUT2D eigenvalue weighted by atomic mass is 9.79. The zero-order valence-electron chi connectivity index (χ0n) is 14.2. The van der Waals surface area contributed by atoms with E-state index in [1.807, 2.05) is 29.8 Å². The minimum atomic E-state index is 0.0132. The first-order chi connectivity index (χ1) is 12.1. The Morgan fingerprint density at radius 2 is 2.12 bits per heavy atom. The van der Waals surface area contributed by atoms with Gasteiger partial charge in [0.25, 0.3) is 0 Å². The van der Waals surface area contributed by atoms with Gasteiger partial charge in [-0.25, -0.2) is 0 Å². The molecule has 132 valence electrons. The third-order valence-electron chi connectivity index (χ3n) is 4.62. The zero-order chi connectivity index (χ0) is 17.4. The number of fused-ring (bicyclic) bond motifs is 1. The van der Waals surface area contributed by atoms with Gasteiger partial charge in [-0.1, -0.05) is 0 Å². The van der Waals surface area contributed by atoms with Crippen LogP contribution in [0.1, 0.15) is 37.3 Å². The fourth-order valence-electron chi connectivity index (χ4n) is 3.21. The van der Waals surface area contributed by atoms with Gasteiger partial charge < -0.3 is 24.1 Å². The van der Waals surface area contributed by atoms with Crippen LogP contribution in [0.2, 0.25) is 0 Å². The van der Waals surface area contributed by atoms with Crippen molar-refractivity contribution >= 4 is 5.91 Å². The van der Waals surface area contributed by atoms with Crippen molar-refractivity contribution in [3.63, 3.8) is 0 Å². The van der Waals surface area contributed by atoms with Crippen LogP contribution in [0.4, 0.5) is 0 Å². The van der Waals surface area contributed by atoms with E-state index in [4.69, 9.17) is 14.2 Å². The maximum atomic E-state index is 11.1. The molecule has 1 saturated carbocycles. The average Bonchev–Trinajstić information content (AvgIpc) is 3.15. The maximum Gasteiger partial charge on any atom is 0.231 e. The smallest absolute Gasteiger partial charge is 0.231 e. The molecular weight excluding hydrogens is 324 g/mol. The normalized spacial score (nSPS) is 20.9. The number of aromatic nitrogens is 3. The van der Waals surface area contributed by atoms with E-state index in [1.165, 1.54) is 0 Å². The Labute approximate surface area is 145 Å². The van der Waals surface area contributed by atoms with Gasteiger partial charge >= 0.3 is 0 Å². The predicted octanol–water partition coefficient (Wildman–Crippen LogP) is 1.50. The molecule has 0 spiro atoms. The van der Waals surface area contributed by atoms with Crippen LogP contribution in [-0.2, 0) is 18.4 Å². The third kappa shape index (κ3) is 3.11. The van der Waals surface area contributed by atoms with Gasteiger partial charge in [-0.2, -0.15) is 0 Å². The summed E-state index contributed by atoms with van der Waals surface area (Å²) in [6.07, 6.45) is 1.79. The number of amides is 1. The number of nitrogens with zero attached hydrogens (tertiary/aromatic N) is 3. The van der Waals surface area contributed by atoms with Gasteiger partial charge in [-0.15, -0.1) is 10.2 Å². The van der Waals surface area contributed by atoms with Crippen LogP contribution in [0.3, 0.4) is 0 Å². The molecule has 0 atom stereocenters. The summed E-state index contributed by atoms with van der Waals surface area (Å²) in [7, 11) is 1.94. The topological polar surface area (TPSA) is 87.5 Å². The maximum absolute atomic E-state index is 11.1. The molecule has 2 aliphatic rings. The summed E-state index contributed by atoms with van der Waals surface area (Å²) >= 11 is 0. The van der Waals surface area contributed by atoms with Crippen molar-refractivity contribution in [3.8, 4) is 17.2 Å². The highest BCUT2D eigenvalue weighted by Crippen LogP contribution is 2.37. The highest BCUT2D eigenvalue weighted by Gasteiger charge is 2.34. The lowest BCUT2D eigenvalue weighted by Gasteiger charge is -2.34. The second-order valence-electron chi connectivity index (χ2n) is 6.40. The lowest BCUT2D eigenvalue weighted by Crippen LogP contribution is -2.43. The number of hydrogen-bond donors (Lipinski definition) is 1. The fourth-order valence-corrected chi connectivity index (χ4v) is 3.21. The Balaban J connectivity index is 1.36. The molecule has 1 N–H and O–H groups in total. The van der Waals surface area contributed by atoms with E-state index in [9.17, 15) is 4.79 Å². The molecule has 8 nitrogen and oxygen atoms in total. The molecule has 25 heavy (non-hydrogen) atoms. The van der Waals surface area contributed by atoms with Crippen LogP contribution < -0.4 is 19.5 Å². The zero-order valence-corrected chi connectivity index (χ0v) is 14.2. The van der Waals surface area contributed by atoms with E-state index in [-0.39, 0.29) is 18.7 Å². The molecule has 0 unspecified atom stereocenters. The Bertz CT molecular complexity index is 798. The van der Waals surface area contributed by atoms with Gasteiger partial charge in [0.15, 0.2) is 17.3 Å². The quantitative estimate of drug-likeness (QED) is 0.884. The van der Waals surface area contributed by atoms with Gasteiger partial charge in [-0.3, -0.25) is 4.79 Å². The van der Waals surface area contributed by atoms with E-state index in [1.54, 1.807) is 6.92 Å². The van der Waals surface area contributed by atoms with Gasteiger partial charge in [0.2, 0.25) is 12.7 Å². The van der Waals surface area contributed by atoms with Gasteiger partial charge in [0.05, 0.1) is 0 Å². The molecule has 0 radical (unpaired) electrons. The van der Waals surface area contributed by atoms with Crippen molar-refractivity contribution in [2.45, 2.75) is 38.3 Å². The molecule has 1 aliphatic heterocycles. The molecule has 4 rings (SSSR count). The van der Waals surface area contributed by atoms with E-state index in [2.05, 4.69) is 15.5 Å². The first kappa shape index (κ1) is 15.7. The van der Waals surface area contributed by atoms with Crippen molar-refractivity contribution in [1.82, 2.24) is 20.1 Å². The number of benzene rings is 1. The molecule has 0 saturated heterocycles. The number of ether oxygens (including phenoxy) is 3. The Kier molecular flexibility index (Phi) is 3.95. The molecule has 1 fully saturated rings. The third-order valence-corrected chi connectivity index (χ3v) is 4.62. The summed E-state index contributed by atoms with van der Waals surface area (Å²) in [5.41, 5.74) is 0. The number of hydrogen-bond acceptors (Lipinski definition) is 6. The van der Waals surface area contributed by atoms with Crippen molar-refractivity contribution in [2.24, 2.45) is 7.05 Å². The van der Waals surface area contributed by atoms with Crippen LogP contribution >= 0.6 is 0 Å². The van der Waals surface area contributed by atoms with Crippen molar-refractivity contribution in [3.05, 3.63) is 29.8 Å². The average molecular weight is 344 g/mol. The second-order valence-corrected chi connectivity index (χ2v) is 6.40. The summed E-state index contributed by atoms with van der Waals surface area (Å²) in [5.74, 6) is 4.15. The summed E-state index contributed by atoms with van der Waals surface area (Å²) in [5, 5.41) is 11.5. The van der Waals surface area contributed by atoms with Crippen LogP contribution in [0.5, 0.6) is 17.2 Å². The standard InChI is InChI=1S/C17H20N4O4/c1-10(22)18-12-5-11(6-12)17-20-19-16(21(17)2)8-23-13-3-4-14-15(7-13)25-9-24-14/h3-4,7,11-12H,5-6,8-9H2,1-2H3,(H,18,22). The van der Waals surface area contributed by atoms with Crippen LogP contribution in [0.15, 0.2) is 18.2 Å². The van der Waals surface area contributed by atoms with Gasteiger partial charge in [-0.05, 0) is 25.0 Å². The van der Waals surface area contributed by atoms with E-state index in [0.717, 1.165) is 30.2 Å². The number of nitrogens with one attached hydrogen (secondary N) is 1. The van der Waals surface area contributed by atoms with E-state index in [0.29, 0.717) is 24.0 Å². The molecule has 1 amide bonds. The molecule has 1 aliphatic carbocycles. The monoisotopic (exact) mass is 344 g/mol. The Morgan fingerprint density at radius 1 is 1.32 bits per heavy atom. The number of carbonyl (C=O) groups is 1. The minimum Gasteiger partial charge on any atom is -0.485 e. The number of carbonyl (C=O) groups excluding carboxylic acids is 1. The summed E-state index contributed by atoms with van der Waals surface area (Å²) < 4.78 is 18.4. The highest BCUT2D eigenvalue weighted by molar-refractivity contribution is 5.73. The molecule has 1 aromatic carbocycles. The van der Waals surface area contributed by atoms with E-state index < -0.39 is 0 Å². The fraction of sp³-hybridized carbons (Fsp3) is 0.471. The predicted molar refractivity (Wildman–Crippen MR) is 87.5 cm³/mol. The van der Waals surface area contributed by atoms with E-state index >= 15 is 0 Å². The van der Waals surface area contributed by atoms with Gasteiger partial charge in [0.1, 0.15) is 18.2 Å². The minimum absolute atomic E-state index is 0.0132. The first-order valence-electron chi connectivity index (χ1n) is 8.28. The van der Waals surface area contributed by atoms with Crippen LogP contribution in [-0.4, -0.2) is 33.5 Å². The van der Waals surface area contributed by atoms with Crippen molar-refractivity contribution < 1.29 is 19.0 Å². The lowest BCUT2D eigenvalue weighted by molar-refractivity contribution is -0.120. The molecule has 8 heteroatoms. The van der Waals surface area contributed by atoms with Crippen molar-refractivity contribution in [1.29, 1.82) is 0 Å². The Morgan fingerprint density at radius 3 is 2.92 bits per heavy atom. The van der Waals surface area contributed by atoms with Crippen molar-refractivity contribution in [2.75, 3.05) is 6.79 Å². The molecule has 2 aromatic rings. The largest absolute Gasteiger partial charge is 0.485 e. The second kappa shape index (κ2) is 6.27. The molecule has 1 aromatic heterocycles. The van der Waals surface area contributed by atoms with Gasteiger partial charge in [0, 0.05) is 32.0 Å². The number of rotatable bonds is 5. The summed E-state index contributed by atoms with van der Waals surface area (Å²) in [6.45, 7) is 2.11. The van der Waals surface area contributed by atoms with Crippen LogP contribution in [0, 0.1) is 0 Å².